The quantitative estimate of drug-likeness (QED) is 0.576. The average Bonchev–Trinajstić information content (AvgIpc) is 3.07. The highest BCUT2D eigenvalue weighted by Crippen LogP contribution is 2.39. The summed E-state index contributed by atoms with van der Waals surface area (Å²) >= 11 is 6.20. The number of benzene rings is 2. The van der Waals surface area contributed by atoms with Gasteiger partial charge in [-0.2, -0.15) is 0 Å². The monoisotopic (exact) mass is 446 g/mol. The molecule has 1 aliphatic rings. The molecular formula is C23H24ClFN2O2S. The van der Waals surface area contributed by atoms with Crippen LogP contribution in [0, 0.1) is 11.7 Å². The highest BCUT2D eigenvalue weighted by Gasteiger charge is 2.34. The number of halogens is 2. The van der Waals surface area contributed by atoms with E-state index in [9.17, 15) is 12.8 Å². The van der Waals surface area contributed by atoms with Gasteiger partial charge in [0.05, 0.1) is 10.4 Å². The summed E-state index contributed by atoms with van der Waals surface area (Å²) in [6.07, 6.45) is 3.64. The molecule has 0 radical (unpaired) electrons. The summed E-state index contributed by atoms with van der Waals surface area (Å²) in [7, 11) is -3.90. The number of nitrogens with zero attached hydrogens (tertiary/aromatic N) is 1. The van der Waals surface area contributed by atoms with Crippen LogP contribution in [-0.4, -0.2) is 26.1 Å². The molecule has 0 bridgehead atoms. The van der Waals surface area contributed by atoms with Gasteiger partial charge in [-0.15, -0.1) is 0 Å². The van der Waals surface area contributed by atoms with E-state index in [4.69, 9.17) is 11.6 Å². The molecule has 7 heteroatoms. The molecule has 1 aromatic heterocycles. The van der Waals surface area contributed by atoms with Crippen LogP contribution in [-0.2, 0) is 16.4 Å². The molecule has 1 fully saturated rings. The molecule has 2 heterocycles. The standard InChI is InChI=1S/C23H24ClFN2O2S/c1-16(24)23(18-5-3-2-4-6-18)30(28,29)22-15-27(14-17-9-11-26-12-10-17)21-13-19(25)7-8-20(21)22/h2-8,13,15,17,23,26H,1,9-12,14H2. The summed E-state index contributed by atoms with van der Waals surface area (Å²) in [5, 5.41) is 2.79. The average molecular weight is 447 g/mol. The Hall–Kier alpha value is -2.15. The van der Waals surface area contributed by atoms with Gasteiger partial charge >= 0.3 is 0 Å². The summed E-state index contributed by atoms with van der Waals surface area (Å²) in [5.41, 5.74) is 1.14. The molecule has 4 nitrogen and oxygen atoms in total. The lowest BCUT2D eigenvalue weighted by molar-refractivity contribution is 0.336. The zero-order valence-corrected chi connectivity index (χ0v) is 18.1. The fraction of sp³-hybridized carbons (Fsp3) is 0.304. The van der Waals surface area contributed by atoms with Gasteiger partial charge in [-0.25, -0.2) is 12.8 Å². The predicted octanol–water partition coefficient (Wildman–Crippen LogP) is 5.05. The minimum absolute atomic E-state index is 0.0302. The van der Waals surface area contributed by atoms with Crippen molar-refractivity contribution in [2.75, 3.05) is 13.1 Å². The number of sulfone groups is 1. The van der Waals surface area contributed by atoms with Crippen molar-refractivity contribution in [3.05, 3.63) is 77.7 Å². The number of fused-ring (bicyclic) bond motifs is 1. The van der Waals surface area contributed by atoms with E-state index in [0.29, 0.717) is 28.9 Å². The molecule has 0 saturated carbocycles. The number of rotatable bonds is 6. The maximum Gasteiger partial charge on any atom is 0.192 e. The van der Waals surface area contributed by atoms with Gasteiger partial charge in [0, 0.05) is 23.2 Å². The van der Waals surface area contributed by atoms with E-state index in [-0.39, 0.29) is 9.93 Å². The molecule has 1 N–H and O–H groups in total. The van der Waals surface area contributed by atoms with Crippen LogP contribution in [0.2, 0.25) is 0 Å². The van der Waals surface area contributed by atoms with Gasteiger partial charge in [0.25, 0.3) is 0 Å². The Morgan fingerprint density at radius 1 is 1.20 bits per heavy atom. The molecule has 3 aromatic rings. The van der Waals surface area contributed by atoms with Gasteiger partial charge in [-0.05, 0) is 55.6 Å². The van der Waals surface area contributed by atoms with Gasteiger partial charge < -0.3 is 9.88 Å². The lowest BCUT2D eigenvalue weighted by atomic mass is 9.98. The molecule has 158 valence electrons. The molecule has 1 atom stereocenters. The Bertz CT molecular complexity index is 1170. The molecule has 0 amide bonds. The number of nitrogens with one attached hydrogen (secondary N) is 1. The van der Waals surface area contributed by atoms with E-state index in [0.717, 1.165) is 25.9 Å². The Balaban J connectivity index is 1.84. The zero-order valence-electron chi connectivity index (χ0n) is 16.5. The van der Waals surface area contributed by atoms with Crippen LogP contribution in [0.1, 0.15) is 23.7 Å². The first-order valence-electron chi connectivity index (χ1n) is 10.00. The third-order valence-electron chi connectivity index (χ3n) is 5.73. The maximum atomic E-state index is 14.0. The van der Waals surface area contributed by atoms with E-state index in [1.54, 1.807) is 30.5 Å². The first-order valence-corrected chi connectivity index (χ1v) is 11.9. The Kier molecular flexibility index (Phi) is 6.00. The van der Waals surface area contributed by atoms with E-state index in [2.05, 4.69) is 11.9 Å². The molecule has 4 rings (SSSR count). The summed E-state index contributed by atoms with van der Waals surface area (Å²) < 4.78 is 43.4. The molecule has 1 aliphatic heterocycles. The minimum atomic E-state index is -3.90. The largest absolute Gasteiger partial charge is 0.346 e. The SMILES string of the molecule is C=C(Cl)C(c1ccccc1)S(=O)(=O)c1cn(CC2CCNCC2)c2cc(F)ccc12. The van der Waals surface area contributed by atoms with E-state index in [1.165, 1.54) is 18.2 Å². The van der Waals surface area contributed by atoms with Crippen LogP contribution in [0.4, 0.5) is 4.39 Å². The van der Waals surface area contributed by atoms with Gasteiger partial charge in [0.1, 0.15) is 11.1 Å². The molecule has 2 aromatic carbocycles. The second-order valence-electron chi connectivity index (χ2n) is 7.78. The van der Waals surface area contributed by atoms with Crippen LogP contribution < -0.4 is 5.32 Å². The summed E-state index contributed by atoms with van der Waals surface area (Å²) in [4.78, 5) is 0.155. The number of hydrogen-bond acceptors (Lipinski definition) is 3. The van der Waals surface area contributed by atoms with Crippen molar-refractivity contribution in [1.82, 2.24) is 9.88 Å². The van der Waals surface area contributed by atoms with Crippen LogP contribution >= 0.6 is 11.6 Å². The van der Waals surface area contributed by atoms with Crippen molar-refractivity contribution < 1.29 is 12.8 Å². The first kappa shape index (κ1) is 21.1. The number of aromatic nitrogens is 1. The third kappa shape index (κ3) is 4.04. The normalized spacial score (nSPS) is 16.6. The van der Waals surface area contributed by atoms with Crippen molar-refractivity contribution in [3.63, 3.8) is 0 Å². The van der Waals surface area contributed by atoms with Crippen LogP contribution in [0.25, 0.3) is 10.9 Å². The fourth-order valence-electron chi connectivity index (χ4n) is 4.23. The second kappa shape index (κ2) is 8.53. The van der Waals surface area contributed by atoms with E-state index in [1.807, 2.05) is 10.6 Å². The van der Waals surface area contributed by atoms with E-state index < -0.39 is 20.9 Å². The van der Waals surface area contributed by atoms with Crippen LogP contribution in [0.3, 0.4) is 0 Å². The summed E-state index contributed by atoms with van der Waals surface area (Å²) in [6.45, 7) is 6.25. The van der Waals surface area contributed by atoms with Crippen molar-refractivity contribution in [1.29, 1.82) is 0 Å². The molecule has 0 spiro atoms. The Morgan fingerprint density at radius 2 is 1.90 bits per heavy atom. The molecule has 0 aliphatic carbocycles. The Labute approximate surface area is 181 Å². The van der Waals surface area contributed by atoms with Gasteiger partial charge in [0.15, 0.2) is 9.84 Å². The number of piperidine rings is 1. The minimum Gasteiger partial charge on any atom is -0.346 e. The predicted molar refractivity (Wildman–Crippen MR) is 119 cm³/mol. The Morgan fingerprint density at radius 3 is 2.57 bits per heavy atom. The number of hydrogen-bond donors (Lipinski definition) is 1. The van der Waals surface area contributed by atoms with Crippen LogP contribution in [0.15, 0.2) is 71.2 Å². The zero-order chi connectivity index (χ0) is 21.3. The van der Waals surface area contributed by atoms with Gasteiger partial charge in [0.2, 0.25) is 0 Å². The van der Waals surface area contributed by atoms with Crippen molar-refractivity contribution >= 4 is 32.3 Å². The van der Waals surface area contributed by atoms with Crippen molar-refractivity contribution in [2.45, 2.75) is 29.5 Å². The molecule has 1 unspecified atom stereocenters. The van der Waals surface area contributed by atoms with Crippen molar-refractivity contribution in [2.24, 2.45) is 5.92 Å². The fourth-order valence-corrected chi connectivity index (χ4v) is 6.57. The van der Waals surface area contributed by atoms with Gasteiger partial charge in [-0.3, -0.25) is 0 Å². The second-order valence-corrected chi connectivity index (χ2v) is 10.3. The lowest BCUT2D eigenvalue weighted by Crippen LogP contribution is -2.29. The third-order valence-corrected chi connectivity index (χ3v) is 8.19. The smallest absolute Gasteiger partial charge is 0.192 e. The molecule has 1 saturated heterocycles. The van der Waals surface area contributed by atoms with Crippen molar-refractivity contribution in [3.8, 4) is 0 Å². The molecular weight excluding hydrogens is 423 g/mol. The van der Waals surface area contributed by atoms with Gasteiger partial charge in [-0.1, -0.05) is 48.5 Å². The molecule has 30 heavy (non-hydrogen) atoms. The maximum absolute atomic E-state index is 14.0. The highest BCUT2D eigenvalue weighted by molar-refractivity contribution is 7.92. The summed E-state index contributed by atoms with van der Waals surface area (Å²) in [6, 6.07) is 13.0. The lowest BCUT2D eigenvalue weighted by Gasteiger charge is -2.23. The summed E-state index contributed by atoms with van der Waals surface area (Å²) in [5.74, 6) is 0.0195. The topological polar surface area (TPSA) is 51.1 Å². The van der Waals surface area contributed by atoms with E-state index >= 15 is 0 Å². The highest BCUT2D eigenvalue weighted by atomic mass is 35.5. The van der Waals surface area contributed by atoms with Crippen LogP contribution in [0.5, 0.6) is 0 Å². The first-order chi connectivity index (χ1) is 14.4.